The number of fused-ring (bicyclic) bond motifs is 1. The van der Waals surface area contributed by atoms with Gasteiger partial charge in [-0.3, -0.25) is 4.79 Å². The van der Waals surface area contributed by atoms with Crippen molar-refractivity contribution >= 4 is 11.6 Å². The number of carbonyl (C=O) groups excluding carboxylic acids is 1. The average Bonchev–Trinajstić information content (AvgIpc) is 2.73. The first-order valence-corrected chi connectivity index (χ1v) is 6.48. The SMILES string of the molecule is O=C(Nc1ccc2c(c1)OC(F)(F)O2)[C@H]1CCCCN1. The van der Waals surface area contributed by atoms with Crippen LogP contribution in [-0.4, -0.2) is 24.8 Å². The van der Waals surface area contributed by atoms with Crippen LogP contribution in [0.15, 0.2) is 18.2 Å². The first-order chi connectivity index (χ1) is 9.53. The van der Waals surface area contributed by atoms with E-state index in [2.05, 4.69) is 20.1 Å². The van der Waals surface area contributed by atoms with Crippen LogP contribution < -0.4 is 20.1 Å². The summed E-state index contributed by atoms with van der Waals surface area (Å²) in [5, 5.41) is 5.80. The molecule has 0 aromatic heterocycles. The maximum atomic E-state index is 12.9. The van der Waals surface area contributed by atoms with Gasteiger partial charge in [0.1, 0.15) is 0 Å². The summed E-state index contributed by atoms with van der Waals surface area (Å²) < 4.78 is 34.4. The number of ether oxygens (including phenoxy) is 2. The van der Waals surface area contributed by atoms with E-state index in [-0.39, 0.29) is 23.4 Å². The molecule has 0 saturated carbocycles. The topological polar surface area (TPSA) is 59.6 Å². The molecule has 108 valence electrons. The van der Waals surface area contributed by atoms with Crippen molar-refractivity contribution in [3.05, 3.63) is 18.2 Å². The van der Waals surface area contributed by atoms with E-state index in [9.17, 15) is 13.6 Å². The van der Waals surface area contributed by atoms with Gasteiger partial charge in [0, 0.05) is 11.8 Å². The van der Waals surface area contributed by atoms with Crippen LogP contribution in [-0.2, 0) is 4.79 Å². The molecule has 2 aliphatic rings. The van der Waals surface area contributed by atoms with Crippen LogP contribution in [0.2, 0.25) is 0 Å². The molecule has 1 saturated heterocycles. The second kappa shape index (κ2) is 4.90. The fourth-order valence-corrected chi connectivity index (χ4v) is 2.33. The lowest BCUT2D eigenvalue weighted by molar-refractivity contribution is -0.286. The Labute approximate surface area is 114 Å². The van der Waals surface area contributed by atoms with E-state index in [4.69, 9.17) is 0 Å². The number of piperidine rings is 1. The second-order valence-electron chi connectivity index (χ2n) is 4.82. The number of halogens is 2. The Balaban J connectivity index is 1.68. The lowest BCUT2D eigenvalue weighted by Gasteiger charge is -2.22. The minimum Gasteiger partial charge on any atom is -0.395 e. The van der Waals surface area contributed by atoms with Gasteiger partial charge < -0.3 is 20.1 Å². The lowest BCUT2D eigenvalue weighted by Crippen LogP contribution is -2.43. The third-order valence-electron chi connectivity index (χ3n) is 3.30. The predicted molar refractivity (Wildman–Crippen MR) is 66.9 cm³/mol. The highest BCUT2D eigenvalue weighted by atomic mass is 19.3. The molecular weight excluding hydrogens is 270 g/mol. The van der Waals surface area contributed by atoms with Crippen molar-refractivity contribution in [3.63, 3.8) is 0 Å². The molecule has 2 heterocycles. The van der Waals surface area contributed by atoms with Crippen LogP contribution in [0.25, 0.3) is 0 Å². The van der Waals surface area contributed by atoms with Crippen molar-refractivity contribution in [1.29, 1.82) is 0 Å². The zero-order chi connectivity index (χ0) is 14.2. The van der Waals surface area contributed by atoms with E-state index in [1.54, 1.807) is 0 Å². The quantitative estimate of drug-likeness (QED) is 0.873. The number of nitrogens with one attached hydrogen (secondary N) is 2. The van der Waals surface area contributed by atoms with Crippen molar-refractivity contribution in [2.75, 3.05) is 11.9 Å². The summed E-state index contributed by atoms with van der Waals surface area (Å²) in [4.78, 5) is 12.0. The van der Waals surface area contributed by atoms with Crippen LogP contribution in [0.1, 0.15) is 19.3 Å². The van der Waals surface area contributed by atoms with Gasteiger partial charge in [-0.1, -0.05) is 6.42 Å². The standard InChI is InChI=1S/C13H14F2N2O3/c14-13(15)19-10-5-4-8(7-11(10)20-13)17-12(18)9-3-1-2-6-16-9/h4-5,7,9,16H,1-3,6H2,(H,17,18)/t9-/m1/s1. The Morgan fingerprint density at radius 2 is 2.10 bits per heavy atom. The van der Waals surface area contributed by atoms with Crippen molar-refractivity contribution in [3.8, 4) is 11.5 Å². The van der Waals surface area contributed by atoms with Gasteiger partial charge in [-0.15, -0.1) is 8.78 Å². The zero-order valence-electron chi connectivity index (χ0n) is 10.6. The van der Waals surface area contributed by atoms with Gasteiger partial charge in [-0.05, 0) is 31.5 Å². The summed E-state index contributed by atoms with van der Waals surface area (Å²) in [7, 11) is 0. The molecule has 5 nitrogen and oxygen atoms in total. The number of hydrogen-bond acceptors (Lipinski definition) is 4. The third kappa shape index (κ3) is 2.67. The molecule has 2 N–H and O–H groups in total. The van der Waals surface area contributed by atoms with Gasteiger partial charge in [0.25, 0.3) is 0 Å². The molecule has 1 aromatic rings. The predicted octanol–water partition coefficient (Wildman–Crippen LogP) is 2.09. The van der Waals surface area contributed by atoms with Crippen molar-refractivity contribution in [2.45, 2.75) is 31.6 Å². The molecule has 0 unspecified atom stereocenters. The number of carbonyl (C=O) groups is 1. The summed E-state index contributed by atoms with van der Waals surface area (Å²) in [5.41, 5.74) is 0.405. The van der Waals surface area contributed by atoms with E-state index in [1.807, 2.05) is 0 Å². The van der Waals surface area contributed by atoms with E-state index in [0.29, 0.717) is 5.69 Å². The molecule has 20 heavy (non-hydrogen) atoms. The normalized spacial score (nSPS) is 23.4. The lowest BCUT2D eigenvalue weighted by atomic mass is 10.0. The Morgan fingerprint density at radius 1 is 1.30 bits per heavy atom. The van der Waals surface area contributed by atoms with E-state index >= 15 is 0 Å². The Morgan fingerprint density at radius 3 is 2.85 bits per heavy atom. The summed E-state index contributed by atoms with van der Waals surface area (Å²) in [6.45, 7) is 0.811. The number of amides is 1. The van der Waals surface area contributed by atoms with Crippen LogP contribution in [0.4, 0.5) is 14.5 Å². The molecule has 7 heteroatoms. The van der Waals surface area contributed by atoms with Gasteiger partial charge in [-0.25, -0.2) is 0 Å². The van der Waals surface area contributed by atoms with E-state index < -0.39 is 6.29 Å². The van der Waals surface area contributed by atoms with Gasteiger partial charge in [0.15, 0.2) is 11.5 Å². The minimum atomic E-state index is -3.64. The Kier molecular flexibility index (Phi) is 3.21. The minimum absolute atomic E-state index is 0.0382. The monoisotopic (exact) mass is 284 g/mol. The van der Waals surface area contributed by atoms with Crippen LogP contribution >= 0.6 is 0 Å². The smallest absolute Gasteiger partial charge is 0.395 e. The van der Waals surface area contributed by atoms with Crippen LogP contribution in [0.5, 0.6) is 11.5 Å². The molecule has 1 atom stereocenters. The molecule has 1 fully saturated rings. The summed E-state index contributed by atoms with van der Waals surface area (Å²) >= 11 is 0. The molecule has 3 rings (SSSR count). The summed E-state index contributed by atoms with van der Waals surface area (Å²) in [5.74, 6) is -0.288. The third-order valence-corrected chi connectivity index (χ3v) is 3.30. The van der Waals surface area contributed by atoms with Crippen molar-refractivity contribution in [2.24, 2.45) is 0 Å². The van der Waals surface area contributed by atoms with Crippen molar-refractivity contribution in [1.82, 2.24) is 5.32 Å². The highest BCUT2D eigenvalue weighted by Gasteiger charge is 2.43. The molecule has 2 aliphatic heterocycles. The fourth-order valence-electron chi connectivity index (χ4n) is 2.33. The zero-order valence-corrected chi connectivity index (χ0v) is 10.6. The van der Waals surface area contributed by atoms with Crippen LogP contribution in [0.3, 0.4) is 0 Å². The van der Waals surface area contributed by atoms with E-state index in [0.717, 1.165) is 25.8 Å². The second-order valence-corrected chi connectivity index (χ2v) is 4.82. The van der Waals surface area contributed by atoms with Crippen molar-refractivity contribution < 1.29 is 23.0 Å². The van der Waals surface area contributed by atoms with E-state index in [1.165, 1.54) is 18.2 Å². The van der Waals surface area contributed by atoms with Gasteiger partial charge in [0.2, 0.25) is 5.91 Å². The summed E-state index contributed by atoms with van der Waals surface area (Å²) in [6.07, 6.45) is -0.814. The van der Waals surface area contributed by atoms with Crippen LogP contribution in [0, 0.1) is 0 Å². The molecule has 1 amide bonds. The largest absolute Gasteiger partial charge is 0.586 e. The Bertz CT molecular complexity index is 530. The molecule has 1 aromatic carbocycles. The molecule has 0 bridgehead atoms. The number of rotatable bonds is 2. The highest BCUT2D eigenvalue weighted by Crippen LogP contribution is 2.42. The maximum absolute atomic E-state index is 12.9. The number of hydrogen-bond donors (Lipinski definition) is 2. The molecular formula is C13H14F2N2O3. The molecule has 0 radical (unpaired) electrons. The fraction of sp³-hybridized carbons (Fsp3) is 0.462. The Hall–Kier alpha value is -1.89. The molecule has 0 aliphatic carbocycles. The number of benzene rings is 1. The highest BCUT2D eigenvalue weighted by molar-refractivity contribution is 5.95. The number of alkyl halides is 2. The first kappa shape index (κ1) is 13.1. The molecule has 0 spiro atoms. The van der Waals surface area contributed by atoms with Gasteiger partial charge in [-0.2, -0.15) is 0 Å². The summed E-state index contributed by atoms with van der Waals surface area (Å²) in [6, 6.07) is 3.94. The first-order valence-electron chi connectivity index (χ1n) is 6.48. The average molecular weight is 284 g/mol. The van der Waals surface area contributed by atoms with Gasteiger partial charge >= 0.3 is 6.29 Å². The maximum Gasteiger partial charge on any atom is 0.586 e. The van der Waals surface area contributed by atoms with Gasteiger partial charge in [0.05, 0.1) is 6.04 Å². The number of anilines is 1.